The molecule has 4 nitrogen and oxygen atoms in total. The number of thiophene rings is 1. The Balaban J connectivity index is 1.83. The minimum atomic E-state index is -0.437. The smallest absolute Gasteiger partial charge is 0.260 e. The van der Waals surface area contributed by atoms with Crippen molar-refractivity contribution in [1.82, 2.24) is 10.1 Å². The molecule has 0 bridgehead atoms. The van der Waals surface area contributed by atoms with Crippen molar-refractivity contribution < 1.29 is 4.52 Å². The maximum atomic E-state index is 6.53. The first kappa shape index (κ1) is 15.6. The Morgan fingerprint density at radius 3 is 2.71 bits per heavy atom. The van der Waals surface area contributed by atoms with Gasteiger partial charge in [-0.2, -0.15) is 4.98 Å². The highest BCUT2D eigenvalue weighted by atomic mass is 79.9. The van der Waals surface area contributed by atoms with Gasteiger partial charge in [0, 0.05) is 0 Å². The Labute approximate surface area is 144 Å². The molecule has 1 aliphatic carbocycles. The maximum Gasteiger partial charge on any atom is 0.260 e. The van der Waals surface area contributed by atoms with Crippen LogP contribution in [0.15, 0.2) is 18.2 Å². The van der Waals surface area contributed by atoms with E-state index < -0.39 is 5.54 Å². The Morgan fingerprint density at radius 2 is 2.14 bits per heavy atom. The molecule has 7 heteroatoms. The van der Waals surface area contributed by atoms with E-state index in [1.54, 1.807) is 11.3 Å². The second-order valence-corrected chi connectivity index (χ2v) is 9.42. The molecule has 3 rings (SSSR count). The van der Waals surface area contributed by atoms with Gasteiger partial charge in [0.05, 0.1) is 18.7 Å². The first-order valence-corrected chi connectivity index (χ1v) is 9.50. The average molecular weight is 435 g/mol. The number of halogens is 2. The lowest BCUT2D eigenvalue weighted by Crippen LogP contribution is -2.41. The van der Waals surface area contributed by atoms with Crippen LogP contribution in [0.2, 0.25) is 0 Å². The lowest BCUT2D eigenvalue weighted by atomic mass is 9.76. The molecular weight excluding hydrogens is 418 g/mol. The zero-order valence-corrected chi connectivity index (χ0v) is 15.7. The van der Waals surface area contributed by atoms with Gasteiger partial charge in [-0.05, 0) is 69.5 Å². The lowest BCUT2D eigenvalue weighted by Gasteiger charge is -2.34. The predicted octanol–water partition coefficient (Wildman–Crippen LogP) is 5.08. The number of aromatic nitrogens is 2. The third-order valence-corrected chi connectivity index (χ3v) is 6.67. The van der Waals surface area contributed by atoms with Crippen molar-refractivity contribution >= 4 is 43.2 Å². The first-order chi connectivity index (χ1) is 10.0. The Bertz CT molecular complexity index is 632. The standard InChI is InChI=1S/C14H17Br2N3OS/c1-2-8-3-5-14(17,6-4-8)13-18-12(20-19-13)9-7-10(15)21-11(9)16/h7-8H,2-6,17H2,1H3. The first-order valence-electron chi connectivity index (χ1n) is 7.10. The van der Waals surface area contributed by atoms with Crippen LogP contribution in [0.3, 0.4) is 0 Å². The summed E-state index contributed by atoms with van der Waals surface area (Å²) >= 11 is 8.57. The number of hydrogen-bond acceptors (Lipinski definition) is 5. The lowest BCUT2D eigenvalue weighted by molar-refractivity contribution is 0.216. The van der Waals surface area contributed by atoms with Gasteiger partial charge >= 0.3 is 0 Å². The zero-order valence-electron chi connectivity index (χ0n) is 11.7. The summed E-state index contributed by atoms with van der Waals surface area (Å²) in [6.45, 7) is 2.24. The molecule has 1 saturated carbocycles. The molecule has 2 N–H and O–H groups in total. The zero-order chi connectivity index (χ0) is 15.0. The molecule has 0 spiro atoms. The van der Waals surface area contributed by atoms with E-state index in [9.17, 15) is 0 Å². The topological polar surface area (TPSA) is 64.9 Å². The van der Waals surface area contributed by atoms with Crippen molar-refractivity contribution in [2.75, 3.05) is 0 Å². The summed E-state index contributed by atoms with van der Waals surface area (Å²) in [6, 6.07) is 1.98. The van der Waals surface area contributed by atoms with Gasteiger partial charge in [-0.15, -0.1) is 11.3 Å². The number of nitrogens with two attached hydrogens (primary N) is 1. The molecule has 2 aromatic heterocycles. The molecular formula is C14H17Br2N3OS. The molecule has 2 heterocycles. The van der Waals surface area contributed by atoms with Crippen LogP contribution in [0.1, 0.15) is 44.9 Å². The Morgan fingerprint density at radius 1 is 1.43 bits per heavy atom. The third-order valence-electron chi connectivity index (χ3n) is 4.33. The van der Waals surface area contributed by atoms with Gasteiger partial charge in [0.15, 0.2) is 5.82 Å². The highest BCUT2D eigenvalue weighted by molar-refractivity contribution is 9.12. The van der Waals surface area contributed by atoms with Crippen molar-refractivity contribution in [3.8, 4) is 11.5 Å². The number of hydrogen-bond donors (Lipinski definition) is 1. The van der Waals surface area contributed by atoms with Gasteiger partial charge in [0.1, 0.15) is 0 Å². The van der Waals surface area contributed by atoms with E-state index in [2.05, 4.69) is 48.9 Å². The van der Waals surface area contributed by atoms with Crippen LogP contribution < -0.4 is 5.73 Å². The summed E-state index contributed by atoms with van der Waals surface area (Å²) in [5, 5.41) is 4.15. The molecule has 21 heavy (non-hydrogen) atoms. The maximum absolute atomic E-state index is 6.53. The highest BCUT2D eigenvalue weighted by Crippen LogP contribution is 2.40. The van der Waals surface area contributed by atoms with Crippen LogP contribution in [-0.4, -0.2) is 10.1 Å². The summed E-state index contributed by atoms with van der Waals surface area (Å²) in [5.41, 5.74) is 7.00. The Hall–Kier alpha value is -0.240. The Kier molecular flexibility index (Phi) is 4.55. The van der Waals surface area contributed by atoms with E-state index in [0.29, 0.717) is 11.7 Å². The fourth-order valence-corrected chi connectivity index (χ4v) is 5.62. The molecule has 114 valence electrons. The van der Waals surface area contributed by atoms with E-state index in [1.807, 2.05) is 6.07 Å². The average Bonchev–Trinajstić information content (AvgIpc) is 3.06. The molecule has 0 radical (unpaired) electrons. The normalized spacial score (nSPS) is 26.2. The van der Waals surface area contributed by atoms with Gasteiger partial charge in [-0.1, -0.05) is 18.5 Å². The molecule has 1 fully saturated rings. The molecule has 0 unspecified atom stereocenters. The second kappa shape index (κ2) is 6.10. The molecule has 1 aliphatic rings. The van der Waals surface area contributed by atoms with Crippen LogP contribution in [0, 0.1) is 5.92 Å². The van der Waals surface area contributed by atoms with E-state index >= 15 is 0 Å². The SMILES string of the molecule is CCC1CCC(N)(c2noc(-c3cc(Br)sc3Br)n2)CC1. The number of nitrogens with zero attached hydrogens (tertiary/aromatic N) is 2. The van der Waals surface area contributed by atoms with E-state index in [1.165, 1.54) is 6.42 Å². The predicted molar refractivity (Wildman–Crippen MR) is 91.1 cm³/mol. The molecule has 2 aromatic rings. The van der Waals surface area contributed by atoms with Crippen LogP contribution in [0.5, 0.6) is 0 Å². The van der Waals surface area contributed by atoms with Crippen LogP contribution in [0.4, 0.5) is 0 Å². The summed E-state index contributed by atoms with van der Waals surface area (Å²) < 4.78 is 7.43. The molecule has 0 aliphatic heterocycles. The van der Waals surface area contributed by atoms with E-state index in [4.69, 9.17) is 10.3 Å². The number of rotatable bonds is 3. The van der Waals surface area contributed by atoms with Crippen LogP contribution in [0.25, 0.3) is 11.5 Å². The van der Waals surface area contributed by atoms with Gasteiger partial charge in [0.25, 0.3) is 5.89 Å². The fraction of sp³-hybridized carbons (Fsp3) is 0.571. The summed E-state index contributed by atoms with van der Waals surface area (Å²) in [4.78, 5) is 4.55. The third kappa shape index (κ3) is 3.11. The van der Waals surface area contributed by atoms with Gasteiger partial charge in [0.2, 0.25) is 0 Å². The van der Waals surface area contributed by atoms with E-state index in [0.717, 1.165) is 44.7 Å². The fourth-order valence-electron chi connectivity index (χ4n) is 2.85. The molecule has 0 aromatic carbocycles. The van der Waals surface area contributed by atoms with Crippen LogP contribution >= 0.6 is 43.2 Å². The highest BCUT2D eigenvalue weighted by Gasteiger charge is 2.37. The van der Waals surface area contributed by atoms with Gasteiger partial charge < -0.3 is 10.3 Å². The van der Waals surface area contributed by atoms with Crippen molar-refractivity contribution in [3.63, 3.8) is 0 Å². The van der Waals surface area contributed by atoms with Crippen molar-refractivity contribution in [3.05, 3.63) is 19.5 Å². The molecule has 0 atom stereocenters. The van der Waals surface area contributed by atoms with Crippen molar-refractivity contribution in [1.29, 1.82) is 0 Å². The minimum absolute atomic E-state index is 0.437. The summed E-state index contributed by atoms with van der Waals surface area (Å²) in [7, 11) is 0. The van der Waals surface area contributed by atoms with Gasteiger partial charge in [-0.3, -0.25) is 0 Å². The van der Waals surface area contributed by atoms with Gasteiger partial charge in [-0.25, -0.2) is 0 Å². The van der Waals surface area contributed by atoms with E-state index in [-0.39, 0.29) is 0 Å². The molecule has 0 amide bonds. The second-order valence-electron chi connectivity index (χ2n) is 5.67. The summed E-state index contributed by atoms with van der Waals surface area (Å²) in [5.74, 6) is 1.96. The monoisotopic (exact) mass is 433 g/mol. The largest absolute Gasteiger partial charge is 0.334 e. The minimum Gasteiger partial charge on any atom is -0.334 e. The molecule has 0 saturated heterocycles. The quantitative estimate of drug-likeness (QED) is 0.731. The summed E-state index contributed by atoms with van der Waals surface area (Å²) in [6.07, 6.45) is 5.37. The van der Waals surface area contributed by atoms with Crippen molar-refractivity contribution in [2.24, 2.45) is 11.7 Å². The van der Waals surface area contributed by atoms with Crippen LogP contribution in [-0.2, 0) is 5.54 Å². The van der Waals surface area contributed by atoms with Crippen molar-refractivity contribution in [2.45, 2.75) is 44.6 Å².